The van der Waals surface area contributed by atoms with Crippen LogP contribution in [0.25, 0.3) is 5.82 Å². The van der Waals surface area contributed by atoms with Crippen molar-refractivity contribution in [2.24, 2.45) is 0 Å². The number of aromatic nitrogens is 7. The molecule has 3 heterocycles. The number of nitrogens with zero attached hydrogens (tertiary/aromatic N) is 7. The number of rotatable bonds is 7. The van der Waals surface area contributed by atoms with E-state index < -0.39 is 6.04 Å². The Morgan fingerprint density at radius 3 is 2.71 bits per heavy atom. The molecule has 0 saturated heterocycles. The molecule has 9 heteroatoms. The number of carbonyl (C=O) groups excluding carboxylic acids is 1. The van der Waals surface area contributed by atoms with Crippen LogP contribution in [0.2, 0.25) is 0 Å². The number of nitrogens with one attached hydrogen (secondary N) is 1. The van der Waals surface area contributed by atoms with Crippen LogP contribution in [-0.2, 0) is 17.8 Å². The lowest BCUT2D eigenvalue weighted by Crippen LogP contribution is -2.34. The fraction of sp³-hybridized carbons (Fsp3) is 0.158. The van der Waals surface area contributed by atoms with Crippen molar-refractivity contribution in [3.8, 4) is 5.82 Å². The van der Waals surface area contributed by atoms with Crippen LogP contribution < -0.4 is 5.32 Å². The minimum Gasteiger partial charge on any atom is -0.350 e. The number of hydrogen-bond donors (Lipinski definition) is 1. The molecular formula is C19H18N8O. The third-order valence-corrected chi connectivity index (χ3v) is 4.27. The summed E-state index contributed by atoms with van der Waals surface area (Å²) in [6.45, 7) is 0.364. The highest BCUT2D eigenvalue weighted by molar-refractivity contribution is 5.80. The second-order valence-electron chi connectivity index (χ2n) is 6.19. The van der Waals surface area contributed by atoms with Gasteiger partial charge in [-0.1, -0.05) is 30.3 Å². The van der Waals surface area contributed by atoms with Gasteiger partial charge in [0.05, 0.1) is 0 Å². The van der Waals surface area contributed by atoms with Gasteiger partial charge in [-0.3, -0.25) is 4.79 Å². The quantitative estimate of drug-likeness (QED) is 0.524. The third kappa shape index (κ3) is 4.09. The first-order chi connectivity index (χ1) is 13.8. The van der Waals surface area contributed by atoms with Crippen LogP contribution in [0.5, 0.6) is 0 Å². The molecule has 1 amide bonds. The van der Waals surface area contributed by atoms with Crippen LogP contribution in [-0.4, -0.2) is 40.9 Å². The predicted octanol–water partition coefficient (Wildman–Crippen LogP) is 1.35. The molecule has 1 unspecified atom stereocenters. The number of tetrazole rings is 1. The summed E-state index contributed by atoms with van der Waals surface area (Å²) >= 11 is 0. The SMILES string of the molecule is O=C(NCc1ccnc(-n2cccn2)c1)C(Cc1ccccc1)n1cnnn1. The average molecular weight is 374 g/mol. The Hall–Kier alpha value is -3.88. The van der Waals surface area contributed by atoms with Crippen LogP contribution >= 0.6 is 0 Å². The molecule has 0 aliphatic rings. The van der Waals surface area contributed by atoms with Gasteiger partial charge in [-0.25, -0.2) is 14.3 Å². The fourth-order valence-electron chi connectivity index (χ4n) is 2.86. The van der Waals surface area contributed by atoms with Crippen molar-refractivity contribution in [1.82, 2.24) is 40.3 Å². The zero-order chi connectivity index (χ0) is 19.2. The number of benzene rings is 1. The van der Waals surface area contributed by atoms with Crippen molar-refractivity contribution in [2.75, 3.05) is 0 Å². The Kier molecular flexibility index (Phi) is 5.14. The Balaban J connectivity index is 1.47. The fourth-order valence-corrected chi connectivity index (χ4v) is 2.86. The van der Waals surface area contributed by atoms with Crippen LogP contribution in [0.15, 0.2) is 73.4 Å². The van der Waals surface area contributed by atoms with E-state index in [2.05, 4.69) is 30.9 Å². The van der Waals surface area contributed by atoms with Crippen molar-refractivity contribution >= 4 is 5.91 Å². The molecule has 140 valence electrons. The molecule has 0 spiro atoms. The largest absolute Gasteiger partial charge is 0.350 e. The summed E-state index contributed by atoms with van der Waals surface area (Å²) in [6.07, 6.45) is 7.15. The van der Waals surface area contributed by atoms with Gasteiger partial charge in [-0.15, -0.1) is 5.10 Å². The Morgan fingerprint density at radius 2 is 1.96 bits per heavy atom. The number of hydrogen-bond acceptors (Lipinski definition) is 6. The maximum atomic E-state index is 12.9. The Bertz CT molecular complexity index is 1020. The number of carbonyl (C=O) groups is 1. The summed E-state index contributed by atoms with van der Waals surface area (Å²) in [5.41, 5.74) is 1.95. The molecule has 1 atom stereocenters. The zero-order valence-electron chi connectivity index (χ0n) is 15.0. The van der Waals surface area contributed by atoms with Gasteiger partial charge in [0, 0.05) is 31.6 Å². The van der Waals surface area contributed by atoms with Crippen molar-refractivity contribution in [3.63, 3.8) is 0 Å². The van der Waals surface area contributed by atoms with E-state index >= 15 is 0 Å². The first kappa shape index (κ1) is 17.5. The topological polar surface area (TPSA) is 103 Å². The molecule has 0 fully saturated rings. The van der Waals surface area contributed by atoms with Crippen molar-refractivity contribution in [2.45, 2.75) is 19.0 Å². The molecule has 4 aromatic rings. The molecular weight excluding hydrogens is 356 g/mol. The number of amides is 1. The maximum absolute atomic E-state index is 12.9. The second-order valence-corrected chi connectivity index (χ2v) is 6.19. The van der Waals surface area contributed by atoms with E-state index in [1.807, 2.05) is 54.7 Å². The summed E-state index contributed by atoms with van der Waals surface area (Å²) < 4.78 is 3.15. The summed E-state index contributed by atoms with van der Waals surface area (Å²) in [4.78, 5) is 17.2. The van der Waals surface area contributed by atoms with E-state index in [-0.39, 0.29) is 5.91 Å². The first-order valence-electron chi connectivity index (χ1n) is 8.78. The predicted molar refractivity (Wildman–Crippen MR) is 100 cm³/mol. The standard InChI is InChI=1S/C19H18N8O/c28-19(17(27-14-22-24-25-27)11-15-5-2-1-3-6-15)21-13-16-7-9-20-18(12-16)26-10-4-8-23-26/h1-10,12,14,17H,11,13H2,(H,21,28). The third-order valence-electron chi connectivity index (χ3n) is 4.27. The molecule has 0 bridgehead atoms. The zero-order valence-corrected chi connectivity index (χ0v) is 15.0. The van der Waals surface area contributed by atoms with Crippen LogP contribution in [0.3, 0.4) is 0 Å². The van der Waals surface area contributed by atoms with Crippen molar-refractivity contribution in [3.05, 3.63) is 84.6 Å². The van der Waals surface area contributed by atoms with Gasteiger partial charge in [0.1, 0.15) is 12.4 Å². The average Bonchev–Trinajstić information content (AvgIpc) is 3.45. The highest BCUT2D eigenvalue weighted by atomic mass is 16.2. The molecule has 0 saturated carbocycles. The Labute approximate surface area is 161 Å². The molecule has 0 radical (unpaired) electrons. The monoisotopic (exact) mass is 374 g/mol. The van der Waals surface area contributed by atoms with Gasteiger partial charge in [0.25, 0.3) is 0 Å². The molecule has 3 aromatic heterocycles. The van der Waals surface area contributed by atoms with Gasteiger partial charge >= 0.3 is 0 Å². The van der Waals surface area contributed by atoms with E-state index in [1.165, 1.54) is 11.0 Å². The van der Waals surface area contributed by atoms with E-state index in [0.717, 1.165) is 11.1 Å². The molecule has 9 nitrogen and oxygen atoms in total. The normalized spacial score (nSPS) is 11.9. The van der Waals surface area contributed by atoms with Crippen LogP contribution in [0, 0.1) is 0 Å². The lowest BCUT2D eigenvalue weighted by Gasteiger charge is -2.16. The van der Waals surface area contributed by atoms with Crippen molar-refractivity contribution in [1.29, 1.82) is 0 Å². The molecule has 28 heavy (non-hydrogen) atoms. The van der Waals surface area contributed by atoms with E-state index in [4.69, 9.17) is 0 Å². The van der Waals surface area contributed by atoms with Gasteiger partial charge in [0.15, 0.2) is 5.82 Å². The van der Waals surface area contributed by atoms with Gasteiger partial charge in [0.2, 0.25) is 5.91 Å². The Morgan fingerprint density at radius 1 is 1.07 bits per heavy atom. The molecule has 1 N–H and O–H groups in total. The minimum absolute atomic E-state index is 0.159. The second kappa shape index (κ2) is 8.21. The molecule has 0 aliphatic carbocycles. The van der Waals surface area contributed by atoms with Gasteiger partial charge in [-0.05, 0) is 39.8 Å². The highest BCUT2D eigenvalue weighted by Gasteiger charge is 2.22. The maximum Gasteiger partial charge on any atom is 0.245 e. The smallest absolute Gasteiger partial charge is 0.245 e. The van der Waals surface area contributed by atoms with Gasteiger partial charge in [-0.2, -0.15) is 5.10 Å². The summed E-state index contributed by atoms with van der Waals surface area (Å²) in [7, 11) is 0. The lowest BCUT2D eigenvalue weighted by atomic mass is 10.1. The summed E-state index contributed by atoms with van der Waals surface area (Å²) in [5.74, 6) is 0.534. The molecule has 1 aromatic carbocycles. The van der Waals surface area contributed by atoms with E-state index in [0.29, 0.717) is 18.8 Å². The highest BCUT2D eigenvalue weighted by Crippen LogP contribution is 2.14. The molecule has 4 rings (SSSR count). The van der Waals surface area contributed by atoms with Crippen LogP contribution in [0.1, 0.15) is 17.2 Å². The van der Waals surface area contributed by atoms with E-state index in [1.54, 1.807) is 17.1 Å². The minimum atomic E-state index is -0.537. The van der Waals surface area contributed by atoms with Gasteiger partial charge < -0.3 is 5.32 Å². The van der Waals surface area contributed by atoms with Crippen molar-refractivity contribution < 1.29 is 4.79 Å². The number of pyridine rings is 1. The first-order valence-corrected chi connectivity index (χ1v) is 8.78. The van der Waals surface area contributed by atoms with Crippen LogP contribution in [0.4, 0.5) is 0 Å². The summed E-state index contributed by atoms with van der Waals surface area (Å²) in [6, 6.07) is 14.8. The summed E-state index contributed by atoms with van der Waals surface area (Å²) in [5, 5.41) is 18.4. The molecule has 0 aliphatic heterocycles. The lowest BCUT2D eigenvalue weighted by molar-refractivity contribution is -0.124. The van der Waals surface area contributed by atoms with E-state index in [9.17, 15) is 4.79 Å².